The first-order chi connectivity index (χ1) is 16.2. The molecule has 1 unspecified atom stereocenters. The van der Waals surface area contributed by atoms with Gasteiger partial charge in [0.05, 0.1) is 11.3 Å². The molecule has 1 aromatic heterocycles. The second-order valence-corrected chi connectivity index (χ2v) is 9.87. The lowest BCUT2D eigenvalue weighted by molar-refractivity contribution is -0.140. The molecule has 1 saturated heterocycles. The number of benzene rings is 1. The smallest absolute Gasteiger partial charge is 0.257 e. The van der Waals surface area contributed by atoms with Crippen molar-refractivity contribution in [1.82, 2.24) is 14.8 Å². The number of piperazine rings is 1. The quantitative estimate of drug-likeness (QED) is 0.698. The van der Waals surface area contributed by atoms with Crippen molar-refractivity contribution in [3.05, 3.63) is 58.2 Å². The summed E-state index contributed by atoms with van der Waals surface area (Å²) in [5.74, 6) is -0.175. The lowest BCUT2D eigenvalue weighted by Gasteiger charge is -2.41. The number of nitrogens with one attached hydrogen (secondary N) is 1. The van der Waals surface area contributed by atoms with Crippen LogP contribution < -0.4 is 5.32 Å². The highest BCUT2D eigenvalue weighted by Crippen LogP contribution is 2.29. The molecule has 34 heavy (non-hydrogen) atoms. The fourth-order valence-electron chi connectivity index (χ4n) is 5.30. The highest BCUT2D eigenvalue weighted by atomic mass is 19.1. The molecule has 1 aromatic carbocycles. The molecule has 7 heteroatoms. The largest absolute Gasteiger partial charge is 0.337 e. The van der Waals surface area contributed by atoms with Gasteiger partial charge in [-0.25, -0.2) is 4.39 Å². The van der Waals surface area contributed by atoms with Gasteiger partial charge in [-0.05, 0) is 75.9 Å². The van der Waals surface area contributed by atoms with Gasteiger partial charge in [-0.3, -0.25) is 19.5 Å². The van der Waals surface area contributed by atoms with E-state index in [4.69, 9.17) is 0 Å². The van der Waals surface area contributed by atoms with Crippen molar-refractivity contribution < 1.29 is 14.0 Å². The molecule has 1 aliphatic carbocycles. The van der Waals surface area contributed by atoms with E-state index in [2.05, 4.69) is 22.1 Å². The van der Waals surface area contributed by atoms with Crippen molar-refractivity contribution in [3.8, 4) is 0 Å². The van der Waals surface area contributed by atoms with Gasteiger partial charge in [0.1, 0.15) is 5.82 Å². The van der Waals surface area contributed by atoms with E-state index >= 15 is 0 Å². The number of anilines is 1. The van der Waals surface area contributed by atoms with Crippen LogP contribution in [0.15, 0.2) is 24.3 Å². The predicted octanol–water partition coefficient (Wildman–Crippen LogP) is 4.62. The van der Waals surface area contributed by atoms with E-state index in [1.165, 1.54) is 6.07 Å². The zero-order valence-corrected chi connectivity index (χ0v) is 20.7. The summed E-state index contributed by atoms with van der Waals surface area (Å²) in [7, 11) is 0. The molecule has 2 fully saturated rings. The van der Waals surface area contributed by atoms with Crippen LogP contribution in [0.5, 0.6) is 0 Å². The number of pyridine rings is 1. The minimum atomic E-state index is -0.377. The summed E-state index contributed by atoms with van der Waals surface area (Å²) in [5, 5.41) is 2.88. The van der Waals surface area contributed by atoms with Crippen LogP contribution in [-0.4, -0.2) is 52.3 Å². The molecule has 1 aliphatic heterocycles. The fourth-order valence-corrected chi connectivity index (χ4v) is 5.30. The second-order valence-electron chi connectivity index (χ2n) is 9.87. The van der Waals surface area contributed by atoms with Gasteiger partial charge in [-0.1, -0.05) is 12.8 Å². The molecule has 2 amide bonds. The minimum absolute atomic E-state index is 0.131. The van der Waals surface area contributed by atoms with E-state index in [0.717, 1.165) is 55.6 Å². The summed E-state index contributed by atoms with van der Waals surface area (Å²) in [6.07, 6.45) is 4.34. The number of aryl methyl sites for hydroxylation is 2. The molecule has 2 heterocycles. The number of nitrogens with zero attached hydrogens (tertiary/aromatic N) is 3. The number of hydrogen-bond acceptors (Lipinski definition) is 4. The Morgan fingerprint density at radius 2 is 1.85 bits per heavy atom. The van der Waals surface area contributed by atoms with Crippen molar-refractivity contribution in [3.63, 3.8) is 0 Å². The average Bonchev–Trinajstić information content (AvgIpc) is 3.31. The predicted molar refractivity (Wildman–Crippen MR) is 131 cm³/mol. The zero-order valence-electron chi connectivity index (χ0n) is 20.7. The average molecular weight is 467 g/mol. The van der Waals surface area contributed by atoms with Crippen molar-refractivity contribution in [2.24, 2.45) is 5.92 Å². The number of carbonyl (C=O) groups excluding carboxylic acids is 2. The third-order valence-electron chi connectivity index (χ3n) is 7.29. The molecular formula is C27H35FN4O2. The van der Waals surface area contributed by atoms with Crippen LogP contribution in [0.2, 0.25) is 0 Å². The van der Waals surface area contributed by atoms with Crippen LogP contribution in [0, 0.1) is 32.5 Å². The molecule has 1 saturated carbocycles. The molecule has 1 atom stereocenters. The van der Waals surface area contributed by atoms with Crippen molar-refractivity contribution in [1.29, 1.82) is 0 Å². The first kappa shape index (κ1) is 24.3. The Labute approximate surface area is 201 Å². The van der Waals surface area contributed by atoms with Crippen LogP contribution in [-0.2, 0) is 11.3 Å². The van der Waals surface area contributed by atoms with Crippen LogP contribution in [0.1, 0.15) is 65.5 Å². The van der Waals surface area contributed by atoms with Gasteiger partial charge in [0.25, 0.3) is 5.91 Å². The van der Waals surface area contributed by atoms with Crippen molar-refractivity contribution in [2.75, 3.05) is 25.0 Å². The fraction of sp³-hybridized carbons (Fsp3) is 0.519. The number of rotatable bonds is 5. The second kappa shape index (κ2) is 10.2. The van der Waals surface area contributed by atoms with E-state index in [0.29, 0.717) is 35.9 Å². The Kier molecular flexibility index (Phi) is 7.31. The SMILES string of the molecule is Cc1ccc(C(=O)Nc2cc(F)cc(CN3CCN(C(=O)C4CCCC4)C(C)C3)c2C)c(C)n1. The van der Waals surface area contributed by atoms with Crippen LogP contribution in [0.4, 0.5) is 10.1 Å². The Balaban J connectivity index is 1.44. The van der Waals surface area contributed by atoms with Gasteiger partial charge in [-0.2, -0.15) is 0 Å². The maximum absolute atomic E-state index is 14.5. The molecule has 1 N–H and O–H groups in total. The van der Waals surface area contributed by atoms with E-state index in [1.807, 2.05) is 18.7 Å². The van der Waals surface area contributed by atoms with E-state index in [1.54, 1.807) is 25.1 Å². The molecule has 182 valence electrons. The third-order valence-corrected chi connectivity index (χ3v) is 7.29. The van der Waals surface area contributed by atoms with Crippen molar-refractivity contribution >= 4 is 17.5 Å². The van der Waals surface area contributed by atoms with Gasteiger partial charge < -0.3 is 10.2 Å². The maximum atomic E-state index is 14.5. The first-order valence-corrected chi connectivity index (χ1v) is 12.3. The van der Waals surface area contributed by atoms with Crippen molar-refractivity contribution in [2.45, 2.75) is 66.0 Å². The molecular weight excluding hydrogens is 431 g/mol. The Hall–Kier alpha value is -2.80. The van der Waals surface area contributed by atoms with Gasteiger partial charge in [-0.15, -0.1) is 0 Å². The highest BCUT2D eigenvalue weighted by molar-refractivity contribution is 6.05. The Morgan fingerprint density at radius 3 is 2.53 bits per heavy atom. The first-order valence-electron chi connectivity index (χ1n) is 12.3. The maximum Gasteiger partial charge on any atom is 0.257 e. The normalized spacial score (nSPS) is 19.4. The lowest BCUT2D eigenvalue weighted by atomic mass is 10.0. The standard InChI is InChI=1S/C27H35FN4O2/c1-17-9-10-24(20(4)29-17)26(33)30-25-14-23(28)13-22(19(25)3)16-31-11-12-32(18(2)15-31)27(34)21-7-5-6-8-21/h9-10,13-14,18,21H,5-8,11-12,15-16H2,1-4H3,(H,30,33). The van der Waals surface area contributed by atoms with E-state index in [-0.39, 0.29) is 23.7 Å². The molecule has 6 nitrogen and oxygen atoms in total. The number of amides is 2. The summed E-state index contributed by atoms with van der Waals surface area (Å²) in [6, 6.07) is 6.59. The number of aromatic nitrogens is 1. The lowest BCUT2D eigenvalue weighted by Crippen LogP contribution is -2.54. The van der Waals surface area contributed by atoms with Gasteiger partial charge in [0.15, 0.2) is 0 Å². The molecule has 4 rings (SSSR count). The summed E-state index contributed by atoms with van der Waals surface area (Å²) < 4.78 is 14.5. The number of halogens is 1. The van der Waals surface area contributed by atoms with E-state index < -0.39 is 0 Å². The number of carbonyl (C=O) groups is 2. The molecule has 0 bridgehead atoms. The van der Waals surface area contributed by atoms with Gasteiger partial charge in [0.2, 0.25) is 5.91 Å². The molecule has 2 aliphatic rings. The summed E-state index contributed by atoms with van der Waals surface area (Å²) >= 11 is 0. The summed E-state index contributed by atoms with van der Waals surface area (Å²) in [4.78, 5) is 34.4. The molecule has 0 radical (unpaired) electrons. The minimum Gasteiger partial charge on any atom is -0.337 e. The Morgan fingerprint density at radius 1 is 1.12 bits per heavy atom. The molecule has 0 spiro atoms. The molecule has 2 aromatic rings. The van der Waals surface area contributed by atoms with Crippen LogP contribution in [0.25, 0.3) is 0 Å². The van der Waals surface area contributed by atoms with Gasteiger partial charge >= 0.3 is 0 Å². The summed E-state index contributed by atoms with van der Waals surface area (Å²) in [5.41, 5.74) is 4.14. The monoisotopic (exact) mass is 466 g/mol. The zero-order chi connectivity index (χ0) is 24.4. The third kappa shape index (κ3) is 5.30. The van der Waals surface area contributed by atoms with Crippen LogP contribution >= 0.6 is 0 Å². The summed E-state index contributed by atoms with van der Waals surface area (Å²) in [6.45, 7) is 10.5. The number of hydrogen-bond donors (Lipinski definition) is 1. The van der Waals surface area contributed by atoms with Gasteiger partial charge in [0, 0.05) is 49.5 Å². The topological polar surface area (TPSA) is 65.5 Å². The van der Waals surface area contributed by atoms with Crippen LogP contribution in [0.3, 0.4) is 0 Å². The Bertz CT molecular complexity index is 1080. The highest BCUT2D eigenvalue weighted by Gasteiger charge is 2.33. The van der Waals surface area contributed by atoms with E-state index in [9.17, 15) is 14.0 Å².